The monoisotopic (exact) mass is 350 g/mol. The van der Waals surface area contributed by atoms with Gasteiger partial charge in [0.2, 0.25) is 5.91 Å². The summed E-state index contributed by atoms with van der Waals surface area (Å²) in [6.45, 7) is 0.884. The van der Waals surface area contributed by atoms with Crippen LogP contribution in [0.25, 0.3) is 9.40 Å². The number of hydrogen-bond donors (Lipinski definition) is 2. The molecule has 0 aliphatic carbocycles. The summed E-state index contributed by atoms with van der Waals surface area (Å²) in [7, 11) is 0. The maximum Gasteiger partial charge on any atom is 0.346 e. The number of rotatable bonds is 4. The second-order valence-corrected chi connectivity index (χ2v) is 7.29. The minimum absolute atomic E-state index is 0.116. The normalized spacial score (nSPS) is 16.8. The van der Waals surface area contributed by atoms with Crippen molar-refractivity contribution in [3.8, 4) is 6.07 Å². The number of aromatic carboxylic acids is 1. The lowest BCUT2D eigenvalue weighted by molar-refractivity contribution is -0.132. The highest BCUT2D eigenvalue weighted by Crippen LogP contribution is 2.36. The maximum atomic E-state index is 12.5. The van der Waals surface area contributed by atoms with Crippen molar-refractivity contribution in [1.29, 1.82) is 5.26 Å². The van der Waals surface area contributed by atoms with Gasteiger partial charge < -0.3 is 15.2 Å². The Bertz CT molecular complexity index is 796. The maximum absolute atomic E-state index is 12.5. The third-order valence-corrected chi connectivity index (χ3v) is 6.29. The number of hydrogen-bond acceptors (Lipinski definition) is 6. The zero-order valence-corrected chi connectivity index (χ0v) is 13.8. The van der Waals surface area contributed by atoms with E-state index in [9.17, 15) is 20.0 Å². The Labute approximate surface area is 140 Å². The van der Waals surface area contributed by atoms with Gasteiger partial charge in [0.25, 0.3) is 0 Å². The van der Waals surface area contributed by atoms with Crippen molar-refractivity contribution in [1.82, 2.24) is 5.32 Å². The van der Waals surface area contributed by atoms with Gasteiger partial charge in [-0.15, -0.1) is 22.7 Å². The van der Waals surface area contributed by atoms with Crippen LogP contribution in [0, 0.1) is 16.7 Å². The summed E-state index contributed by atoms with van der Waals surface area (Å²) in [5.74, 6) is -1.35. The molecule has 0 aromatic carbocycles. The van der Waals surface area contributed by atoms with Gasteiger partial charge in [0, 0.05) is 30.0 Å². The predicted octanol–water partition coefficient (Wildman–Crippen LogP) is 2.60. The number of fused-ring (bicyclic) bond motifs is 1. The van der Waals surface area contributed by atoms with Gasteiger partial charge in [0.05, 0.1) is 10.8 Å². The molecule has 1 aliphatic rings. The summed E-state index contributed by atoms with van der Waals surface area (Å²) in [5, 5.41) is 23.4. The lowest BCUT2D eigenvalue weighted by Gasteiger charge is -2.29. The summed E-state index contributed by atoms with van der Waals surface area (Å²) >= 11 is 2.66. The van der Waals surface area contributed by atoms with Gasteiger partial charge >= 0.3 is 5.97 Å². The van der Waals surface area contributed by atoms with Gasteiger partial charge in [-0.25, -0.2) is 4.79 Å². The van der Waals surface area contributed by atoms with E-state index in [0.717, 1.165) is 9.40 Å². The average molecular weight is 350 g/mol. The highest BCUT2D eigenvalue weighted by Gasteiger charge is 2.40. The molecule has 2 aromatic heterocycles. The van der Waals surface area contributed by atoms with E-state index < -0.39 is 11.4 Å². The SMILES string of the molecule is N#CC1(C(=O)NCc2c(C(=O)O)sc3ccsc23)CCOCC1. The van der Waals surface area contributed by atoms with Crippen molar-refractivity contribution >= 4 is 43.9 Å². The largest absolute Gasteiger partial charge is 0.477 e. The number of nitriles is 1. The van der Waals surface area contributed by atoms with Crippen LogP contribution < -0.4 is 5.32 Å². The topological polar surface area (TPSA) is 99.4 Å². The molecule has 1 aliphatic heterocycles. The fraction of sp³-hybridized carbons (Fsp3) is 0.400. The second kappa shape index (κ2) is 6.28. The molecule has 120 valence electrons. The number of carbonyl (C=O) groups is 2. The number of thiophene rings is 2. The van der Waals surface area contributed by atoms with E-state index in [4.69, 9.17) is 4.74 Å². The highest BCUT2D eigenvalue weighted by atomic mass is 32.1. The van der Waals surface area contributed by atoms with Crippen molar-refractivity contribution < 1.29 is 19.4 Å². The van der Waals surface area contributed by atoms with E-state index >= 15 is 0 Å². The molecule has 3 heterocycles. The average Bonchev–Trinajstić information content (AvgIpc) is 3.14. The fourth-order valence-corrected chi connectivity index (χ4v) is 4.87. The molecule has 3 rings (SSSR count). The van der Waals surface area contributed by atoms with Crippen LogP contribution in [0.15, 0.2) is 11.4 Å². The minimum Gasteiger partial charge on any atom is -0.477 e. The molecule has 0 atom stereocenters. The standard InChI is InChI=1S/C15H14N2O4S2/c16-8-15(2-4-21-5-3-15)14(20)17-7-9-11-10(1-6-22-11)23-12(9)13(18)19/h1,6H,2-5,7H2,(H,17,20)(H,18,19). The van der Waals surface area contributed by atoms with Crippen LogP contribution in [-0.2, 0) is 16.1 Å². The summed E-state index contributed by atoms with van der Waals surface area (Å²) < 4.78 is 7.00. The Morgan fingerprint density at radius 3 is 2.83 bits per heavy atom. The van der Waals surface area contributed by atoms with Gasteiger partial charge in [-0.3, -0.25) is 4.79 Å². The summed E-state index contributed by atoms with van der Waals surface area (Å²) in [6, 6.07) is 3.99. The molecule has 8 heteroatoms. The van der Waals surface area contributed by atoms with Crippen LogP contribution in [0.3, 0.4) is 0 Å². The number of carboxylic acids is 1. The molecule has 0 spiro atoms. The third kappa shape index (κ3) is 2.83. The predicted molar refractivity (Wildman–Crippen MR) is 86.6 cm³/mol. The minimum atomic E-state index is -1.08. The lowest BCUT2D eigenvalue weighted by atomic mass is 9.81. The smallest absolute Gasteiger partial charge is 0.346 e. The molecule has 1 amide bonds. The molecule has 6 nitrogen and oxygen atoms in total. The van der Waals surface area contributed by atoms with Crippen LogP contribution in [0.2, 0.25) is 0 Å². The lowest BCUT2D eigenvalue weighted by Crippen LogP contribution is -2.43. The van der Waals surface area contributed by atoms with Crippen molar-refractivity contribution in [2.24, 2.45) is 5.41 Å². The first-order valence-corrected chi connectivity index (χ1v) is 8.76. The highest BCUT2D eigenvalue weighted by molar-refractivity contribution is 7.28. The number of amides is 1. The van der Waals surface area contributed by atoms with Gasteiger partial charge in [-0.1, -0.05) is 0 Å². The first-order valence-electron chi connectivity index (χ1n) is 7.07. The first kappa shape index (κ1) is 15.9. The molecular formula is C15H14N2O4S2. The Balaban J connectivity index is 1.81. The Morgan fingerprint density at radius 2 is 2.17 bits per heavy atom. The van der Waals surface area contributed by atoms with Gasteiger partial charge in [0.15, 0.2) is 0 Å². The van der Waals surface area contributed by atoms with Crippen LogP contribution in [0.5, 0.6) is 0 Å². The van der Waals surface area contributed by atoms with E-state index in [-0.39, 0.29) is 17.3 Å². The molecular weight excluding hydrogens is 336 g/mol. The fourth-order valence-electron chi connectivity index (χ4n) is 2.65. The van der Waals surface area contributed by atoms with Gasteiger partial charge in [-0.2, -0.15) is 5.26 Å². The van der Waals surface area contributed by atoms with Crippen LogP contribution in [-0.4, -0.2) is 30.2 Å². The van der Waals surface area contributed by atoms with Crippen molar-refractivity contribution in [3.05, 3.63) is 21.9 Å². The number of carboxylic acid groups (broad SMARTS) is 1. The van der Waals surface area contributed by atoms with E-state index in [0.29, 0.717) is 31.6 Å². The molecule has 0 unspecified atom stereocenters. The van der Waals surface area contributed by atoms with Crippen LogP contribution >= 0.6 is 22.7 Å². The summed E-state index contributed by atoms with van der Waals surface area (Å²) in [5.41, 5.74) is -0.465. The van der Waals surface area contributed by atoms with Crippen molar-refractivity contribution in [2.75, 3.05) is 13.2 Å². The van der Waals surface area contributed by atoms with Gasteiger partial charge in [0.1, 0.15) is 10.3 Å². The molecule has 1 saturated heterocycles. The number of nitrogens with zero attached hydrogens (tertiary/aromatic N) is 1. The molecule has 2 aromatic rings. The molecule has 1 fully saturated rings. The summed E-state index contributed by atoms with van der Waals surface area (Å²) in [6.07, 6.45) is 0.721. The zero-order valence-electron chi connectivity index (χ0n) is 12.1. The Morgan fingerprint density at radius 1 is 1.43 bits per heavy atom. The number of nitrogens with one attached hydrogen (secondary N) is 1. The Kier molecular flexibility index (Phi) is 4.35. The summed E-state index contributed by atoms with van der Waals surface area (Å²) in [4.78, 5) is 24.1. The Hall–Kier alpha value is -1.95. The number of carbonyl (C=O) groups excluding carboxylic acids is 1. The quantitative estimate of drug-likeness (QED) is 0.883. The molecule has 23 heavy (non-hydrogen) atoms. The molecule has 0 bridgehead atoms. The van der Waals surface area contributed by atoms with Crippen molar-refractivity contribution in [3.63, 3.8) is 0 Å². The first-order chi connectivity index (χ1) is 11.1. The third-order valence-electron chi connectivity index (χ3n) is 4.00. The zero-order chi connectivity index (χ0) is 16.4. The van der Waals surface area contributed by atoms with Gasteiger partial charge in [-0.05, 0) is 24.3 Å². The van der Waals surface area contributed by atoms with E-state index in [1.54, 1.807) is 0 Å². The van der Waals surface area contributed by atoms with Crippen LogP contribution in [0.1, 0.15) is 28.1 Å². The molecule has 2 N–H and O–H groups in total. The number of ether oxygens (including phenoxy) is 1. The van der Waals surface area contributed by atoms with E-state index in [1.165, 1.54) is 22.7 Å². The van der Waals surface area contributed by atoms with E-state index in [2.05, 4.69) is 11.4 Å². The molecule has 0 saturated carbocycles. The second-order valence-electron chi connectivity index (χ2n) is 5.32. The molecule has 0 radical (unpaired) electrons. The van der Waals surface area contributed by atoms with E-state index in [1.807, 2.05) is 11.4 Å². The van der Waals surface area contributed by atoms with Crippen molar-refractivity contribution in [2.45, 2.75) is 19.4 Å². The van der Waals surface area contributed by atoms with Crippen LogP contribution in [0.4, 0.5) is 0 Å².